The van der Waals surface area contributed by atoms with E-state index in [2.05, 4.69) is 5.32 Å². The molecule has 0 aliphatic rings. The molecule has 0 saturated heterocycles. The number of methoxy groups -OCH3 is 1. The van der Waals surface area contributed by atoms with Gasteiger partial charge in [0.05, 0.1) is 19.1 Å². The molecule has 8 nitrogen and oxygen atoms in total. The van der Waals surface area contributed by atoms with Crippen LogP contribution in [0.4, 0.5) is 14.5 Å². The molecular weight excluding hydrogens is 504 g/mol. The summed E-state index contributed by atoms with van der Waals surface area (Å²) in [5, 5.41) is 2.84. The van der Waals surface area contributed by atoms with Crippen LogP contribution in [-0.2, 0) is 26.2 Å². The van der Waals surface area contributed by atoms with Crippen LogP contribution >= 0.6 is 0 Å². The van der Waals surface area contributed by atoms with Gasteiger partial charge in [0, 0.05) is 32.1 Å². The predicted octanol–water partition coefficient (Wildman–Crippen LogP) is 3.71. The summed E-state index contributed by atoms with van der Waals surface area (Å²) in [7, 11) is -2.29. The smallest absolute Gasteiger partial charge is 0.242 e. The Morgan fingerprint density at radius 3 is 2.35 bits per heavy atom. The second kappa shape index (κ2) is 13.4. The summed E-state index contributed by atoms with van der Waals surface area (Å²) in [6, 6.07) is 9.17. The first kappa shape index (κ1) is 30.0. The van der Waals surface area contributed by atoms with Crippen molar-refractivity contribution in [3.63, 3.8) is 0 Å². The van der Waals surface area contributed by atoms with Crippen LogP contribution in [0.1, 0.15) is 39.2 Å². The van der Waals surface area contributed by atoms with Crippen LogP contribution in [0, 0.1) is 17.6 Å². The van der Waals surface area contributed by atoms with E-state index in [0.717, 1.165) is 34.3 Å². The Labute approximate surface area is 217 Å². The van der Waals surface area contributed by atoms with Crippen LogP contribution in [0.5, 0.6) is 5.75 Å². The topological polar surface area (TPSA) is 96.0 Å². The zero-order valence-electron chi connectivity index (χ0n) is 21.8. The first-order chi connectivity index (χ1) is 17.3. The Kier molecular flexibility index (Phi) is 10.8. The number of sulfonamides is 1. The lowest BCUT2D eigenvalue weighted by Gasteiger charge is -2.29. The summed E-state index contributed by atoms with van der Waals surface area (Å²) in [6.07, 6.45) is 0.980. The predicted molar refractivity (Wildman–Crippen MR) is 139 cm³/mol. The van der Waals surface area contributed by atoms with Gasteiger partial charge in [0.1, 0.15) is 11.8 Å². The molecule has 0 fully saturated rings. The summed E-state index contributed by atoms with van der Waals surface area (Å²) in [5.74, 6) is -2.08. The van der Waals surface area contributed by atoms with E-state index in [-0.39, 0.29) is 49.4 Å². The second-order valence-electron chi connectivity index (χ2n) is 9.23. The monoisotopic (exact) mass is 539 g/mol. The maximum atomic E-state index is 13.7. The number of nitrogens with zero attached hydrogens (tertiary/aromatic N) is 2. The van der Waals surface area contributed by atoms with Gasteiger partial charge in [0.2, 0.25) is 21.8 Å². The molecule has 2 rings (SSSR count). The van der Waals surface area contributed by atoms with Crippen LogP contribution in [0.2, 0.25) is 0 Å². The number of nitrogens with one attached hydrogen (secondary N) is 1. The van der Waals surface area contributed by atoms with Crippen LogP contribution < -0.4 is 14.4 Å². The van der Waals surface area contributed by atoms with Crippen molar-refractivity contribution in [1.29, 1.82) is 0 Å². The molecule has 37 heavy (non-hydrogen) atoms. The SMILES string of the molecule is COc1cccc(CN(C(=O)CCCN(c2ccc(F)c(F)c2)S(C)(=O)=O)C(C)C(=O)NCC(C)C)c1. The molecule has 1 atom stereocenters. The third-order valence-corrected chi connectivity index (χ3v) is 6.88. The largest absolute Gasteiger partial charge is 0.497 e. The van der Waals surface area contributed by atoms with E-state index < -0.39 is 27.7 Å². The minimum atomic E-state index is -3.83. The van der Waals surface area contributed by atoms with Gasteiger partial charge in [-0.25, -0.2) is 17.2 Å². The minimum absolute atomic E-state index is 0.0384. The van der Waals surface area contributed by atoms with E-state index in [1.807, 2.05) is 19.9 Å². The standard InChI is InChI=1S/C26H35F2N3O5S/c1-18(2)16-29-26(33)19(3)30(17-20-8-6-9-22(14-20)36-4)25(32)10-7-13-31(37(5,34)35)21-11-12-23(27)24(28)15-21/h6,8-9,11-12,14-15,18-19H,7,10,13,16-17H2,1-5H3,(H,29,33). The quantitative estimate of drug-likeness (QED) is 0.419. The molecule has 204 valence electrons. The lowest BCUT2D eigenvalue weighted by molar-refractivity contribution is -0.140. The summed E-state index contributed by atoms with van der Waals surface area (Å²) in [4.78, 5) is 27.5. The van der Waals surface area contributed by atoms with Crippen molar-refractivity contribution in [2.45, 2.75) is 46.2 Å². The Bertz CT molecular complexity index is 1190. The van der Waals surface area contributed by atoms with E-state index in [9.17, 15) is 26.8 Å². The molecule has 0 aromatic heterocycles. The number of ether oxygens (including phenoxy) is 1. The fourth-order valence-corrected chi connectivity index (χ4v) is 4.60. The first-order valence-corrected chi connectivity index (χ1v) is 13.8. The van der Waals surface area contributed by atoms with Gasteiger partial charge in [-0.1, -0.05) is 26.0 Å². The summed E-state index contributed by atoms with van der Waals surface area (Å²) in [6.45, 7) is 6.04. The van der Waals surface area contributed by atoms with Crippen molar-refractivity contribution in [2.24, 2.45) is 5.92 Å². The number of hydrogen-bond acceptors (Lipinski definition) is 5. The van der Waals surface area contributed by atoms with Crippen molar-refractivity contribution in [3.8, 4) is 5.75 Å². The molecule has 0 heterocycles. The van der Waals surface area contributed by atoms with Crippen LogP contribution in [0.15, 0.2) is 42.5 Å². The molecule has 2 amide bonds. The Hall–Kier alpha value is -3.21. The van der Waals surface area contributed by atoms with E-state index in [1.54, 1.807) is 25.1 Å². The molecule has 0 radical (unpaired) electrons. The maximum Gasteiger partial charge on any atom is 0.242 e. The molecule has 0 saturated carbocycles. The van der Waals surface area contributed by atoms with Gasteiger partial charge in [0.15, 0.2) is 11.6 Å². The highest BCUT2D eigenvalue weighted by Crippen LogP contribution is 2.22. The molecule has 2 aromatic carbocycles. The highest BCUT2D eigenvalue weighted by Gasteiger charge is 2.27. The number of hydrogen-bond donors (Lipinski definition) is 1. The molecule has 0 bridgehead atoms. The van der Waals surface area contributed by atoms with Gasteiger partial charge in [-0.3, -0.25) is 13.9 Å². The molecule has 11 heteroatoms. The molecular formula is C26H35F2N3O5S. The summed E-state index contributed by atoms with van der Waals surface area (Å²) >= 11 is 0. The number of carbonyl (C=O) groups is 2. The van der Waals surface area contributed by atoms with Gasteiger partial charge in [0.25, 0.3) is 0 Å². The fraction of sp³-hybridized carbons (Fsp3) is 0.462. The van der Waals surface area contributed by atoms with E-state index in [4.69, 9.17) is 4.74 Å². The zero-order chi connectivity index (χ0) is 27.8. The first-order valence-electron chi connectivity index (χ1n) is 12.0. The summed E-state index contributed by atoms with van der Waals surface area (Å²) < 4.78 is 57.9. The second-order valence-corrected chi connectivity index (χ2v) is 11.1. The highest BCUT2D eigenvalue weighted by atomic mass is 32.2. The Morgan fingerprint density at radius 1 is 1.05 bits per heavy atom. The van der Waals surface area contributed by atoms with Gasteiger partial charge in [-0.15, -0.1) is 0 Å². The molecule has 1 unspecified atom stereocenters. The fourth-order valence-electron chi connectivity index (χ4n) is 3.65. The van der Waals surface area contributed by atoms with E-state index >= 15 is 0 Å². The average molecular weight is 540 g/mol. The van der Waals surface area contributed by atoms with Crippen molar-refractivity contribution in [1.82, 2.24) is 10.2 Å². The third-order valence-electron chi connectivity index (χ3n) is 5.68. The number of benzene rings is 2. The van der Waals surface area contributed by atoms with Crippen LogP contribution in [0.25, 0.3) is 0 Å². The highest BCUT2D eigenvalue weighted by molar-refractivity contribution is 7.92. The van der Waals surface area contributed by atoms with Gasteiger partial charge < -0.3 is 15.0 Å². The van der Waals surface area contributed by atoms with Crippen molar-refractivity contribution in [2.75, 3.05) is 30.8 Å². The number of anilines is 1. The number of carbonyl (C=O) groups excluding carboxylic acids is 2. The van der Waals surface area contributed by atoms with Crippen molar-refractivity contribution < 1.29 is 31.5 Å². The molecule has 1 N–H and O–H groups in total. The third kappa shape index (κ3) is 8.99. The number of halogens is 2. The molecule has 0 aliphatic carbocycles. The van der Waals surface area contributed by atoms with Gasteiger partial charge in [-0.05, 0) is 49.1 Å². The lowest BCUT2D eigenvalue weighted by atomic mass is 10.1. The van der Waals surface area contributed by atoms with E-state index in [1.165, 1.54) is 12.0 Å². The average Bonchev–Trinajstić information content (AvgIpc) is 2.84. The Morgan fingerprint density at radius 2 is 1.76 bits per heavy atom. The van der Waals surface area contributed by atoms with Gasteiger partial charge >= 0.3 is 0 Å². The normalized spacial score (nSPS) is 12.2. The van der Waals surface area contributed by atoms with E-state index in [0.29, 0.717) is 12.3 Å². The number of amides is 2. The minimum Gasteiger partial charge on any atom is -0.497 e. The lowest BCUT2D eigenvalue weighted by Crippen LogP contribution is -2.48. The molecule has 0 spiro atoms. The summed E-state index contributed by atoms with van der Waals surface area (Å²) in [5.41, 5.74) is 0.722. The van der Waals surface area contributed by atoms with Crippen LogP contribution in [0.3, 0.4) is 0 Å². The molecule has 2 aromatic rings. The number of rotatable bonds is 13. The Balaban J connectivity index is 2.20. The zero-order valence-corrected chi connectivity index (χ0v) is 22.6. The van der Waals surface area contributed by atoms with Crippen molar-refractivity contribution in [3.05, 3.63) is 59.7 Å². The van der Waals surface area contributed by atoms with Crippen LogP contribution in [-0.4, -0.2) is 57.6 Å². The molecule has 0 aliphatic heterocycles. The van der Waals surface area contributed by atoms with Crippen molar-refractivity contribution >= 4 is 27.5 Å². The maximum absolute atomic E-state index is 13.7. The van der Waals surface area contributed by atoms with Gasteiger partial charge in [-0.2, -0.15) is 0 Å².